The lowest BCUT2D eigenvalue weighted by Gasteiger charge is -2.07. The van der Waals surface area contributed by atoms with Gasteiger partial charge < -0.3 is 19.6 Å². The molecule has 0 spiro atoms. The molecule has 0 aliphatic carbocycles. The van der Waals surface area contributed by atoms with Crippen molar-refractivity contribution in [1.82, 2.24) is 5.32 Å². The second-order valence-corrected chi connectivity index (χ2v) is 5.38. The van der Waals surface area contributed by atoms with Gasteiger partial charge in [0, 0.05) is 12.0 Å². The molecule has 2 rings (SSSR count). The van der Waals surface area contributed by atoms with Gasteiger partial charge in [-0.2, -0.15) is 0 Å². The van der Waals surface area contributed by atoms with E-state index in [1.807, 2.05) is 0 Å². The highest BCUT2D eigenvalue weighted by atomic mass is 16.5. The Morgan fingerprint density at radius 1 is 1.20 bits per heavy atom. The lowest BCUT2D eigenvalue weighted by molar-refractivity contribution is -0.121. The number of Topliss-reactive ketones (excluding diaryl/α,β-unsaturated/α-hetero) is 1. The molecule has 0 atom stereocenters. The van der Waals surface area contributed by atoms with E-state index in [-0.39, 0.29) is 30.4 Å². The fraction of sp³-hybridized carbons (Fsp3) is 0.278. The first-order chi connectivity index (χ1) is 12.0. The highest BCUT2D eigenvalue weighted by Crippen LogP contribution is 2.14. The number of ether oxygens (including phenoxy) is 1. The van der Waals surface area contributed by atoms with Gasteiger partial charge in [0.25, 0.3) is 0 Å². The first-order valence-corrected chi connectivity index (χ1v) is 7.78. The van der Waals surface area contributed by atoms with Crippen LogP contribution in [-0.2, 0) is 11.3 Å². The fourth-order valence-electron chi connectivity index (χ4n) is 2.09. The molecule has 132 valence electrons. The summed E-state index contributed by atoms with van der Waals surface area (Å²) in [5.74, 6) is -0.565. The molecule has 0 radical (unpaired) electrons. The van der Waals surface area contributed by atoms with Gasteiger partial charge in [-0.05, 0) is 37.6 Å². The third-order valence-electron chi connectivity index (χ3n) is 3.39. The molecule has 1 amide bonds. The SMILES string of the molecule is CC(=O)c1cccc(OCCCC(=O)NCc2ccc(C(=O)O)o2)c1. The lowest BCUT2D eigenvalue weighted by Crippen LogP contribution is -2.22. The van der Waals surface area contributed by atoms with E-state index < -0.39 is 5.97 Å². The molecule has 2 aromatic rings. The normalized spacial score (nSPS) is 10.3. The van der Waals surface area contributed by atoms with Gasteiger partial charge >= 0.3 is 5.97 Å². The summed E-state index contributed by atoms with van der Waals surface area (Å²) in [7, 11) is 0. The minimum atomic E-state index is -1.15. The van der Waals surface area contributed by atoms with Crippen molar-refractivity contribution < 1.29 is 28.6 Å². The average Bonchev–Trinajstić information content (AvgIpc) is 3.06. The summed E-state index contributed by atoms with van der Waals surface area (Å²) in [5, 5.41) is 11.4. The smallest absolute Gasteiger partial charge is 0.371 e. The quantitative estimate of drug-likeness (QED) is 0.534. The molecule has 0 bridgehead atoms. The van der Waals surface area contributed by atoms with Crippen molar-refractivity contribution in [1.29, 1.82) is 0 Å². The Bertz CT molecular complexity index is 764. The molecule has 0 aliphatic heterocycles. The average molecular weight is 345 g/mol. The van der Waals surface area contributed by atoms with Crippen molar-refractivity contribution in [2.45, 2.75) is 26.3 Å². The molecule has 1 aromatic carbocycles. The van der Waals surface area contributed by atoms with E-state index in [2.05, 4.69) is 5.32 Å². The number of benzene rings is 1. The van der Waals surface area contributed by atoms with Gasteiger partial charge in [0.2, 0.25) is 11.7 Å². The first kappa shape index (κ1) is 18.3. The molecule has 0 saturated heterocycles. The predicted octanol–water partition coefficient (Wildman–Crippen LogP) is 2.66. The molecular formula is C18H19NO6. The maximum absolute atomic E-state index is 11.7. The highest BCUT2D eigenvalue weighted by molar-refractivity contribution is 5.94. The molecule has 1 aromatic heterocycles. The number of carbonyl (C=O) groups excluding carboxylic acids is 2. The third kappa shape index (κ3) is 5.80. The number of hydrogen-bond acceptors (Lipinski definition) is 5. The lowest BCUT2D eigenvalue weighted by atomic mass is 10.1. The Hall–Kier alpha value is -3.09. The van der Waals surface area contributed by atoms with Crippen LogP contribution in [0.4, 0.5) is 0 Å². The summed E-state index contributed by atoms with van der Waals surface area (Å²) >= 11 is 0. The van der Waals surface area contributed by atoms with Gasteiger partial charge in [-0.25, -0.2) is 4.79 Å². The van der Waals surface area contributed by atoms with Gasteiger partial charge in [-0.3, -0.25) is 9.59 Å². The van der Waals surface area contributed by atoms with Gasteiger partial charge in [-0.15, -0.1) is 0 Å². The zero-order chi connectivity index (χ0) is 18.2. The Morgan fingerprint density at radius 2 is 2.00 bits per heavy atom. The van der Waals surface area contributed by atoms with E-state index in [1.165, 1.54) is 19.1 Å². The van der Waals surface area contributed by atoms with Gasteiger partial charge in [-0.1, -0.05) is 12.1 Å². The summed E-state index contributed by atoms with van der Waals surface area (Å²) in [5.41, 5.74) is 0.578. The van der Waals surface area contributed by atoms with Crippen LogP contribution in [0.2, 0.25) is 0 Å². The van der Waals surface area contributed by atoms with E-state index in [9.17, 15) is 14.4 Å². The van der Waals surface area contributed by atoms with Crippen LogP contribution in [0.25, 0.3) is 0 Å². The first-order valence-electron chi connectivity index (χ1n) is 7.78. The van der Waals surface area contributed by atoms with Crippen LogP contribution < -0.4 is 10.1 Å². The Kier molecular flexibility index (Phi) is 6.33. The number of carbonyl (C=O) groups is 3. The Morgan fingerprint density at radius 3 is 2.68 bits per heavy atom. The van der Waals surface area contributed by atoms with Crippen molar-refractivity contribution in [3.63, 3.8) is 0 Å². The number of amides is 1. The number of carboxylic acids is 1. The van der Waals surface area contributed by atoms with E-state index in [4.69, 9.17) is 14.3 Å². The van der Waals surface area contributed by atoms with Crippen molar-refractivity contribution in [2.75, 3.05) is 6.61 Å². The van der Waals surface area contributed by atoms with E-state index in [0.717, 1.165) is 0 Å². The van der Waals surface area contributed by atoms with Crippen LogP contribution >= 0.6 is 0 Å². The maximum atomic E-state index is 11.7. The van der Waals surface area contributed by atoms with E-state index in [1.54, 1.807) is 24.3 Å². The molecule has 0 unspecified atom stereocenters. The monoisotopic (exact) mass is 345 g/mol. The standard InChI is InChI=1S/C18H19NO6/c1-12(20)13-4-2-5-14(10-13)24-9-3-6-17(21)19-11-15-7-8-16(25-15)18(22)23/h2,4-5,7-8,10H,3,6,9,11H2,1H3,(H,19,21)(H,22,23). The van der Waals surface area contributed by atoms with Crippen LogP contribution in [0.5, 0.6) is 5.75 Å². The second-order valence-electron chi connectivity index (χ2n) is 5.38. The molecule has 0 fully saturated rings. The number of nitrogens with one attached hydrogen (secondary N) is 1. The topological polar surface area (TPSA) is 106 Å². The minimum absolute atomic E-state index is 0.0335. The summed E-state index contributed by atoms with van der Waals surface area (Å²) in [4.78, 5) is 33.7. The van der Waals surface area contributed by atoms with E-state index in [0.29, 0.717) is 30.1 Å². The Balaban J connectivity index is 1.67. The highest BCUT2D eigenvalue weighted by Gasteiger charge is 2.09. The second kappa shape index (κ2) is 8.68. The van der Waals surface area contributed by atoms with Gasteiger partial charge in [0.05, 0.1) is 13.2 Å². The molecular weight excluding hydrogens is 326 g/mol. The zero-order valence-corrected chi connectivity index (χ0v) is 13.8. The van der Waals surface area contributed by atoms with Crippen LogP contribution in [0.3, 0.4) is 0 Å². The molecule has 0 saturated carbocycles. The molecule has 2 N–H and O–H groups in total. The third-order valence-corrected chi connectivity index (χ3v) is 3.39. The van der Waals surface area contributed by atoms with Crippen LogP contribution in [0.15, 0.2) is 40.8 Å². The molecule has 0 aliphatic rings. The molecule has 1 heterocycles. The fourth-order valence-corrected chi connectivity index (χ4v) is 2.09. The van der Waals surface area contributed by atoms with Crippen molar-refractivity contribution in [2.24, 2.45) is 0 Å². The summed E-state index contributed by atoms with van der Waals surface area (Å²) < 4.78 is 10.6. The predicted molar refractivity (Wildman–Crippen MR) is 88.7 cm³/mol. The number of ketones is 1. The summed E-state index contributed by atoms with van der Waals surface area (Å²) in [6.45, 7) is 1.97. The zero-order valence-electron chi connectivity index (χ0n) is 13.8. The molecule has 25 heavy (non-hydrogen) atoms. The van der Waals surface area contributed by atoms with Gasteiger partial charge in [0.1, 0.15) is 11.5 Å². The number of aromatic carboxylic acids is 1. The summed E-state index contributed by atoms with van der Waals surface area (Å²) in [6.07, 6.45) is 0.771. The van der Waals surface area contributed by atoms with Gasteiger partial charge in [0.15, 0.2) is 5.78 Å². The number of rotatable bonds is 9. The molecule has 7 nitrogen and oxygen atoms in total. The number of carboxylic acid groups (broad SMARTS) is 1. The minimum Gasteiger partial charge on any atom is -0.494 e. The van der Waals surface area contributed by atoms with Crippen LogP contribution in [-0.4, -0.2) is 29.4 Å². The van der Waals surface area contributed by atoms with Crippen molar-refractivity contribution in [3.8, 4) is 5.75 Å². The Labute approximate surface area is 144 Å². The number of hydrogen-bond donors (Lipinski definition) is 2. The van der Waals surface area contributed by atoms with Crippen LogP contribution in [0, 0.1) is 0 Å². The van der Waals surface area contributed by atoms with Crippen molar-refractivity contribution >= 4 is 17.7 Å². The van der Waals surface area contributed by atoms with E-state index >= 15 is 0 Å². The molecule has 7 heteroatoms. The van der Waals surface area contributed by atoms with Crippen molar-refractivity contribution in [3.05, 3.63) is 53.5 Å². The summed E-state index contributed by atoms with van der Waals surface area (Å²) in [6, 6.07) is 9.73. The van der Waals surface area contributed by atoms with Crippen LogP contribution in [0.1, 0.15) is 46.4 Å². The maximum Gasteiger partial charge on any atom is 0.371 e. The largest absolute Gasteiger partial charge is 0.494 e. The number of furan rings is 1.